The van der Waals surface area contributed by atoms with E-state index in [1.165, 1.54) is 0 Å². The molecule has 0 saturated carbocycles. The minimum Gasteiger partial charge on any atom is -0.507 e. The third-order valence-electron chi connectivity index (χ3n) is 3.13. The molecule has 0 radical (unpaired) electrons. The van der Waals surface area contributed by atoms with Crippen LogP contribution in [0.2, 0.25) is 0 Å². The molecule has 0 heterocycles. The second-order valence-electron chi connectivity index (χ2n) is 5.03. The van der Waals surface area contributed by atoms with Crippen LogP contribution in [-0.4, -0.2) is 11.0 Å². The molecule has 0 aliphatic heterocycles. The van der Waals surface area contributed by atoms with Crippen molar-refractivity contribution >= 4 is 27.5 Å². The zero-order valence-corrected chi connectivity index (χ0v) is 13.9. The number of nitrogens with one attached hydrogen (secondary N) is 1. The molecule has 26 heavy (non-hydrogen) atoms. The first kappa shape index (κ1) is 20.0. The van der Waals surface area contributed by atoms with Gasteiger partial charge in [0, 0.05) is 11.8 Å². The third kappa shape index (κ3) is 4.45. The van der Waals surface area contributed by atoms with Crippen LogP contribution in [0, 0.1) is 5.82 Å². The van der Waals surface area contributed by atoms with Gasteiger partial charge in [-0.2, -0.15) is 26.3 Å². The van der Waals surface area contributed by atoms with E-state index in [1.54, 1.807) is 0 Å². The van der Waals surface area contributed by atoms with Crippen LogP contribution in [0.4, 0.5) is 36.4 Å². The Morgan fingerprint density at radius 3 is 1.88 bits per heavy atom. The molecule has 0 spiro atoms. The van der Waals surface area contributed by atoms with Gasteiger partial charge in [-0.05, 0) is 40.2 Å². The number of hydrogen-bond donors (Lipinski definition) is 2. The summed E-state index contributed by atoms with van der Waals surface area (Å²) < 4.78 is 89.7. The van der Waals surface area contributed by atoms with Gasteiger partial charge in [0.05, 0.1) is 21.2 Å². The molecular weight excluding hydrogens is 439 g/mol. The van der Waals surface area contributed by atoms with Crippen LogP contribution in [0.3, 0.4) is 0 Å². The molecule has 0 aromatic heterocycles. The molecule has 0 aliphatic rings. The Morgan fingerprint density at radius 2 is 1.42 bits per heavy atom. The van der Waals surface area contributed by atoms with Crippen LogP contribution in [-0.2, 0) is 12.4 Å². The topological polar surface area (TPSA) is 49.3 Å². The Balaban J connectivity index is 2.46. The van der Waals surface area contributed by atoms with Crippen molar-refractivity contribution in [1.82, 2.24) is 0 Å². The fourth-order valence-electron chi connectivity index (χ4n) is 1.94. The van der Waals surface area contributed by atoms with Gasteiger partial charge in [0.15, 0.2) is 0 Å². The van der Waals surface area contributed by atoms with E-state index in [9.17, 15) is 40.6 Å². The van der Waals surface area contributed by atoms with Crippen LogP contribution in [0.5, 0.6) is 5.75 Å². The molecule has 0 atom stereocenters. The van der Waals surface area contributed by atoms with Gasteiger partial charge in [-0.15, -0.1) is 0 Å². The molecule has 2 aromatic rings. The fourth-order valence-corrected chi connectivity index (χ4v) is 2.29. The van der Waals surface area contributed by atoms with Gasteiger partial charge in [0.2, 0.25) is 0 Å². The lowest BCUT2D eigenvalue weighted by Crippen LogP contribution is -2.16. The maximum absolute atomic E-state index is 13.2. The van der Waals surface area contributed by atoms with Crippen molar-refractivity contribution in [3.05, 3.63) is 57.3 Å². The highest BCUT2D eigenvalue weighted by Crippen LogP contribution is 2.37. The lowest BCUT2D eigenvalue weighted by Gasteiger charge is -2.15. The third-order valence-corrected chi connectivity index (χ3v) is 3.74. The molecule has 1 amide bonds. The van der Waals surface area contributed by atoms with E-state index in [2.05, 4.69) is 15.9 Å². The Bertz CT molecular complexity index is 830. The number of phenols is 1. The van der Waals surface area contributed by atoms with Gasteiger partial charge >= 0.3 is 12.4 Å². The molecule has 2 aromatic carbocycles. The van der Waals surface area contributed by atoms with Crippen molar-refractivity contribution in [2.24, 2.45) is 0 Å². The highest BCUT2D eigenvalue weighted by Gasteiger charge is 2.37. The van der Waals surface area contributed by atoms with Crippen LogP contribution in [0.25, 0.3) is 0 Å². The molecule has 0 aliphatic carbocycles. The highest BCUT2D eigenvalue weighted by atomic mass is 79.9. The van der Waals surface area contributed by atoms with E-state index in [1.807, 2.05) is 5.32 Å². The van der Waals surface area contributed by atoms with Crippen molar-refractivity contribution in [3.8, 4) is 5.75 Å². The molecule has 3 nitrogen and oxygen atoms in total. The first-order chi connectivity index (χ1) is 11.8. The van der Waals surface area contributed by atoms with E-state index in [-0.39, 0.29) is 10.5 Å². The number of rotatable bonds is 2. The number of carbonyl (C=O) groups excluding carboxylic acids is 1. The summed E-state index contributed by atoms with van der Waals surface area (Å²) in [5.41, 5.74) is -4.58. The largest absolute Gasteiger partial charge is 0.507 e. The van der Waals surface area contributed by atoms with Crippen LogP contribution in [0.15, 0.2) is 34.8 Å². The number of halogens is 8. The van der Waals surface area contributed by atoms with Gasteiger partial charge < -0.3 is 10.4 Å². The normalized spacial score (nSPS) is 12.2. The Labute approximate surface area is 149 Å². The predicted molar refractivity (Wildman–Crippen MR) is 80.2 cm³/mol. The second-order valence-corrected chi connectivity index (χ2v) is 5.89. The minimum absolute atomic E-state index is 0.0956. The van der Waals surface area contributed by atoms with Crippen LogP contribution < -0.4 is 5.32 Å². The van der Waals surface area contributed by atoms with Crippen molar-refractivity contribution in [3.63, 3.8) is 0 Å². The molecule has 2 rings (SSSR count). The van der Waals surface area contributed by atoms with Gasteiger partial charge in [-0.25, -0.2) is 4.39 Å². The first-order valence-corrected chi connectivity index (χ1v) is 7.37. The Kier molecular flexibility index (Phi) is 5.22. The number of benzene rings is 2. The summed E-state index contributed by atoms with van der Waals surface area (Å²) in [5.74, 6) is -2.99. The van der Waals surface area contributed by atoms with Crippen molar-refractivity contribution in [2.45, 2.75) is 12.4 Å². The second kappa shape index (κ2) is 6.78. The van der Waals surface area contributed by atoms with E-state index >= 15 is 0 Å². The van der Waals surface area contributed by atoms with Crippen molar-refractivity contribution in [1.29, 1.82) is 0 Å². The highest BCUT2D eigenvalue weighted by molar-refractivity contribution is 9.10. The number of hydrogen-bond acceptors (Lipinski definition) is 2. The van der Waals surface area contributed by atoms with Gasteiger partial charge in [-0.3, -0.25) is 4.79 Å². The number of aromatic hydroxyl groups is 1. The molecule has 0 unspecified atom stereocenters. The van der Waals surface area contributed by atoms with Gasteiger partial charge in [0.1, 0.15) is 11.6 Å². The quantitative estimate of drug-likeness (QED) is 0.592. The molecule has 0 fully saturated rings. The molecule has 2 N–H and O–H groups in total. The number of phenolic OH excluding ortho intramolecular Hbond substituents is 1. The number of carbonyl (C=O) groups is 1. The summed E-state index contributed by atoms with van der Waals surface area (Å²) in [6.45, 7) is 0. The Hall–Kier alpha value is -2.30. The van der Waals surface area contributed by atoms with Crippen molar-refractivity contribution in [2.75, 3.05) is 5.32 Å². The molecular formula is C15H7BrF7NO2. The Morgan fingerprint density at radius 1 is 0.923 bits per heavy atom. The molecule has 0 bridgehead atoms. The summed E-state index contributed by atoms with van der Waals surface area (Å²) >= 11 is 2.75. The lowest BCUT2D eigenvalue weighted by atomic mass is 10.1. The molecule has 140 valence electrons. The van der Waals surface area contributed by atoms with E-state index in [0.29, 0.717) is 18.2 Å². The summed E-state index contributed by atoms with van der Waals surface area (Å²) in [6.07, 6.45) is -10.2. The molecule has 11 heteroatoms. The summed E-state index contributed by atoms with van der Waals surface area (Å²) in [7, 11) is 0. The first-order valence-electron chi connectivity index (χ1n) is 6.58. The van der Waals surface area contributed by atoms with E-state index in [4.69, 9.17) is 0 Å². The lowest BCUT2D eigenvalue weighted by molar-refractivity contribution is -0.143. The number of anilines is 1. The maximum atomic E-state index is 13.2. The number of alkyl halides is 6. The minimum atomic E-state index is -5.08. The summed E-state index contributed by atoms with van der Waals surface area (Å²) in [4.78, 5) is 12.0. The van der Waals surface area contributed by atoms with Crippen LogP contribution in [0.1, 0.15) is 21.5 Å². The SMILES string of the molecule is O=C(Nc1cc(C(F)(F)F)cc(C(F)(F)F)c1)c1cc(Br)c(F)cc1O. The maximum Gasteiger partial charge on any atom is 0.416 e. The molecule has 0 saturated heterocycles. The van der Waals surface area contributed by atoms with Gasteiger partial charge in [-0.1, -0.05) is 0 Å². The van der Waals surface area contributed by atoms with Crippen LogP contribution >= 0.6 is 15.9 Å². The standard InChI is InChI=1S/C15H7BrF7NO2/c16-10-4-9(12(25)5-11(10)17)13(26)24-8-2-6(14(18,19)20)1-7(3-8)15(21,22)23/h1-5,25H,(H,24,26). The predicted octanol–water partition coefficient (Wildman–Crippen LogP) is 5.58. The van der Waals surface area contributed by atoms with E-state index < -0.39 is 52.2 Å². The average molecular weight is 446 g/mol. The summed E-state index contributed by atoms with van der Waals surface area (Å²) in [5, 5.41) is 11.4. The zero-order chi connectivity index (χ0) is 19.9. The average Bonchev–Trinajstić information content (AvgIpc) is 2.48. The summed E-state index contributed by atoms with van der Waals surface area (Å²) in [6, 6.07) is 1.91. The van der Waals surface area contributed by atoms with E-state index in [0.717, 1.165) is 6.07 Å². The van der Waals surface area contributed by atoms with Crippen molar-refractivity contribution < 1.29 is 40.6 Å². The van der Waals surface area contributed by atoms with Gasteiger partial charge in [0.25, 0.3) is 5.91 Å². The fraction of sp³-hybridized carbons (Fsp3) is 0.133. The smallest absolute Gasteiger partial charge is 0.416 e. The number of amides is 1. The zero-order valence-electron chi connectivity index (χ0n) is 12.3. The monoisotopic (exact) mass is 445 g/mol.